The molecule has 0 aromatic heterocycles. The van der Waals surface area contributed by atoms with E-state index in [1.807, 2.05) is 4.90 Å². The van der Waals surface area contributed by atoms with E-state index in [9.17, 15) is 14.4 Å². The van der Waals surface area contributed by atoms with Crippen LogP contribution < -0.4 is 0 Å². The van der Waals surface area contributed by atoms with Crippen LogP contribution in [0.4, 0.5) is 0 Å². The van der Waals surface area contributed by atoms with Gasteiger partial charge in [-0.3, -0.25) is 14.4 Å². The standard InChI is InChI=1S/C23H35NO5/c1-17-18(21(27)23(29-3)22(28-2)20(17)26)13-9-7-5-4-6-8-10-14-19(25)24-15-11-12-16-24/h4-16H2,1-3H3. The molecule has 6 heteroatoms. The van der Waals surface area contributed by atoms with Gasteiger partial charge < -0.3 is 14.4 Å². The smallest absolute Gasteiger partial charge is 0.228 e. The number of carbonyl (C=O) groups is 3. The second-order valence-electron chi connectivity index (χ2n) is 7.89. The minimum atomic E-state index is -0.262. The number of amides is 1. The molecule has 0 bridgehead atoms. The molecule has 0 atom stereocenters. The Morgan fingerprint density at radius 2 is 1.34 bits per heavy atom. The van der Waals surface area contributed by atoms with Crippen LogP contribution in [0.25, 0.3) is 0 Å². The summed E-state index contributed by atoms with van der Waals surface area (Å²) in [5, 5.41) is 0. The highest BCUT2D eigenvalue weighted by Gasteiger charge is 2.34. The maximum Gasteiger partial charge on any atom is 0.228 e. The largest absolute Gasteiger partial charge is 0.489 e. The maximum absolute atomic E-state index is 12.6. The topological polar surface area (TPSA) is 72.9 Å². The number of ketones is 2. The van der Waals surface area contributed by atoms with E-state index in [0.29, 0.717) is 29.9 Å². The first-order chi connectivity index (χ1) is 14.0. The average Bonchev–Trinajstić information content (AvgIpc) is 3.26. The van der Waals surface area contributed by atoms with Gasteiger partial charge in [0.05, 0.1) is 14.2 Å². The molecule has 1 saturated heterocycles. The second-order valence-corrected chi connectivity index (χ2v) is 7.89. The third-order valence-corrected chi connectivity index (χ3v) is 5.87. The van der Waals surface area contributed by atoms with Crippen molar-refractivity contribution in [2.24, 2.45) is 0 Å². The fourth-order valence-electron chi connectivity index (χ4n) is 4.08. The summed E-state index contributed by atoms with van der Waals surface area (Å²) < 4.78 is 10.2. The first kappa shape index (κ1) is 23.2. The van der Waals surface area contributed by atoms with Crippen molar-refractivity contribution < 1.29 is 23.9 Å². The Labute approximate surface area is 174 Å². The summed E-state index contributed by atoms with van der Waals surface area (Å²) in [5.74, 6) is -0.158. The van der Waals surface area contributed by atoms with Crippen LogP contribution in [0.2, 0.25) is 0 Å². The van der Waals surface area contributed by atoms with E-state index in [1.165, 1.54) is 14.2 Å². The number of carbonyl (C=O) groups excluding carboxylic acids is 3. The molecule has 0 aromatic carbocycles. The molecule has 0 radical (unpaired) electrons. The van der Waals surface area contributed by atoms with Crippen molar-refractivity contribution >= 4 is 17.5 Å². The Kier molecular flexibility index (Phi) is 9.42. The lowest BCUT2D eigenvalue weighted by atomic mass is 9.89. The molecular formula is C23H35NO5. The van der Waals surface area contributed by atoms with Gasteiger partial charge in [-0.25, -0.2) is 0 Å². The first-order valence-corrected chi connectivity index (χ1v) is 10.9. The van der Waals surface area contributed by atoms with Crippen LogP contribution in [0, 0.1) is 0 Å². The second kappa shape index (κ2) is 11.8. The lowest BCUT2D eigenvalue weighted by Gasteiger charge is -2.20. The number of ether oxygens (including phenoxy) is 2. The molecule has 6 nitrogen and oxygen atoms in total. The summed E-state index contributed by atoms with van der Waals surface area (Å²) in [6.07, 6.45) is 10.9. The minimum Gasteiger partial charge on any atom is -0.489 e. The van der Waals surface area contributed by atoms with E-state index in [-0.39, 0.29) is 23.1 Å². The van der Waals surface area contributed by atoms with Gasteiger partial charge in [-0.1, -0.05) is 32.1 Å². The number of likely N-dealkylation sites (tertiary alicyclic amines) is 1. The van der Waals surface area contributed by atoms with Crippen LogP contribution in [-0.2, 0) is 23.9 Å². The summed E-state index contributed by atoms with van der Waals surface area (Å²) in [7, 11) is 2.76. The van der Waals surface area contributed by atoms with Gasteiger partial charge in [-0.05, 0) is 39.0 Å². The van der Waals surface area contributed by atoms with Crippen LogP contribution in [0.15, 0.2) is 22.7 Å². The highest BCUT2D eigenvalue weighted by Crippen LogP contribution is 2.28. The van der Waals surface area contributed by atoms with Gasteiger partial charge in [-0.15, -0.1) is 0 Å². The number of hydrogen-bond donors (Lipinski definition) is 0. The predicted molar refractivity (Wildman–Crippen MR) is 111 cm³/mol. The molecule has 1 amide bonds. The number of hydrogen-bond acceptors (Lipinski definition) is 5. The Morgan fingerprint density at radius 3 is 1.93 bits per heavy atom. The van der Waals surface area contributed by atoms with E-state index in [2.05, 4.69) is 0 Å². The van der Waals surface area contributed by atoms with Gasteiger partial charge in [-0.2, -0.15) is 0 Å². The number of unbranched alkanes of at least 4 members (excludes halogenated alkanes) is 6. The summed E-state index contributed by atoms with van der Waals surface area (Å²) in [6.45, 7) is 3.57. The zero-order chi connectivity index (χ0) is 21.2. The van der Waals surface area contributed by atoms with Gasteiger partial charge >= 0.3 is 0 Å². The van der Waals surface area contributed by atoms with Crippen LogP contribution in [0.5, 0.6) is 0 Å². The van der Waals surface area contributed by atoms with Gasteiger partial charge in [0.15, 0.2) is 0 Å². The third-order valence-electron chi connectivity index (χ3n) is 5.87. The molecule has 1 fully saturated rings. The monoisotopic (exact) mass is 405 g/mol. The SMILES string of the molecule is COC1=C(OC)C(=O)C(CCCCCCCCCC(=O)N2CCCC2)=C(C)C1=O. The Hall–Kier alpha value is -2.11. The van der Waals surface area contributed by atoms with Crippen LogP contribution in [-0.4, -0.2) is 49.7 Å². The number of methoxy groups -OCH3 is 2. The molecule has 0 aromatic rings. The van der Waals surface area contributed by atoms with Gasteiger partial charge in [0.25, 0.3) is 0 Å². The third kappa shape index (κ3) is 6.18. The van der Waals surface area contributed by atoms with E-state index < -0.39 is 0 Å². The highest BCUT2D eigenvalue weighted by atomic mass is 16.5. The molecular weight excluding hydrogens is 370 g/mol. The van der Waals surface area contributed by atoms with Crippen molar-refractivity contribution in [3.63, 3.8) is 0 Å². The number of allylic oxidation sites excluding steroid dienone is 2. The molecule has 1 aliphatic heterocycles. The van der Waals surface area contributed by atoms with Gasteiger partial charge in [0.2, 0.25) is 29.0 Å². The van der Waals surface area contributed by atoms with Crippen molar-refractivity contribution in [1.82, 2.24) is 4.90 Å². The van der Waals surface area contributed by atoms with E-state index in [4.69, 9.17) is 9.47 Å². The van der Waals surface area contributed by atoms with Crippen molar-refractivity contribution in [3.05, 3.63) is 22.7 Å². The van der Waals surface area contributed by atoms with E-state index >= 15 is 0 Å². The molecule has 0 saturated carbocycles. The van der Waals surface area contributed by atoms with Crippen LogP contribution >= 0.6 is 0 Å². The number of nitrogens with zero attached hydrogens (tertiary/aromatic N) is 1. The molecule has 1 aliphatic carbocycles. The Bertz CT molecular complexity index is 671. The molecule has 2 rings (SSSR count). The molecule has 2 aliphatic rings. The van der Waals surface area contributed by atoms with Crippen LogP contribution in [0.1, 0.15) is 77.6 Å². The van der Waals surface area contributed by atoms with Crippen molar-refractivity contribution in [1.29, 1.82) is 0 Å². The molecule has 1 heterocycles. The number of Topliss-reactive ketones (excluding diaryl/α,β-unsaturated/α-hetero) is 2. The number of rotatable bonds is 12. The summed E-state index contributed by atoms with van der Waals surface area (Å²) in [6, 6.07) is 0. The normalized spacial score (nSPS) is 17.4. The zero-order valence-electron chi connectivity index (χ0n) is 18.2. The lowest BCUT2D eigenvalue weighted by Crippen LogP contribution is -2.27. The quantitative estimate of drug-likeness (QED) is 0.361. The van der Waals surface area contributed by atoms with Crippen molar-refractivity contribution in [3.8, 4) is 0 Å². The van der Waals surface area contributed by atoms with Crippen LogP contribution in [0.3, 0.4) is 0 Å². The van der Waals surface area contributed by atoms with Crippen molar-refractivity contribution in [2.75, 3.05) is 27.3 Å². The van der Waals surface area contributed by atoms with Gasteiger partial charge in [0, 0.05) is 30.7 Å². The van der Waals surface area contributed by atoms with Crippen molar-refractivity contribution in [2.45, 2.75) is 77.6 Å². The molecule has 0 unspecified atom stereocenters. The fraction of sp³-hybridized carbons (Fsp3) is 0.696. The predicted octanol–water partition coefficient (Wildman–Crippen LogP) is 4.09. The highest BCUT2D eigenvalue weighted by molar-refractivity contribution is 6.23. The molecule has 0 N–H and O–H groups in total. The Morgan fingerprint density at radius 1 is 0.828 bits per heavy atom. The maximum atomic E-state index is 12.6. The Balaban J connectivity index is 1.60. The first-order valence-electron chi connectivity index (χ1n) is 10.9. The van der Waals surface area contributed by atoms with E-state index in [0.717, 1.165) is 70.9 Å². The average molecular weight is 406 g/mol. The zero-order valence-corrected chi connectivity index (χ0v) is 18.2. The molecule has 162 valence electrons. The summed E-state index contributed by atoms with van der Waals surface area (Å²) >= 11 is 0. The minimum absolute atomic E-state index is 0.00182. The summed E-state index contributed by atoms with van der Waals surface area (Å²) in [4.78, 5) is 38.9. The molecule has 29 heavy (non-hydrogen) atoms. The van der Waals surface area contributed by atoms with Gasteiger partial charge in [0.1, 0.15) is 0 Å². The van der Waals surface area contributed by atoms with E-state index in [1.54, 1.807) is 6.92 Å². The summed E-state index contributed by atoms with van der Waals surface area (Å²) in [5.41, 5.74) is 1.02. The fourth-order valence-corrected chi connectivity index (χ4v) is 4.08. The molecule has 0 spiro atoms. The lowest BCUT2D eigenvalue weighted by molar-refractivity contribution is -0.130.